The van der Waals surface area contributed by atoms with Gasteiger partial charge in [0.2, 0.25) is 5.91 Å². The first-order chi connectivity index (χ1) is 14.5. The van der Waals surface area contributed by atoms with Crippen LogP contribution < -0.4 is 5.32 Å². The number of benzene rings is 2. The van der Waals surface area contributed by atoms with Crippen LogP contribution in [-0.4, -0.2) is 15.3 Å². The van der Waals surface area contributed by atoms with Crippen LogP contribution in [0.5, 0.6) is 0 Å². The van der Waals surface area contributed by atoms with Gasteiger partial charge in [-0.1, -0.05) is 60.2 Å². The number of nitrogens with one attached hydrogen (secondary N) is 1. The number of imidazole rings is 1. The normalized spacial score (nSPS) is 12.4. The summed E-state index contributed by atoms with van der Waals surface area (Å²) in [4.78, 5) is 17.4. The van der Waals surface area contributed by atoms with Crippen molar-refractivity contribution in [2.24, 2.45) is 0 Å². The fraction of sp³-hybridized carbons (Fsp3) is 0.154. The van der Waals surface area contributed by atoms with E-state index in [0.29, 0.717) is 0 Å². The monoisotopic (exact) mass is 395 g/mol. The van der Waals surface area contributed by atoms with E-state index in [1.54, 1.807) is 6.08 Å². The summed E-state index contributed by atoms with van der Waals surface area (Å²) in [5.41, 5.74) is 7.06. The average molecular weight is 396 g/mol. The number of rotatable bonds is 5. The van der Waals surface area contributed by atoms with Crippen LogP contribution in [0.4, 0.5) is 0 Å². The maximum Gasteiger partial charge on any atom is 0.244 e. The molecule has 1 N–H and O–H groups in total. The van der Waals surface area contributed by atoms with E-state index in [-0.39, 0.29) is 11.9 Å². The Kier molecular flexibility index (Phi) is 5.48. The van der Waals surface area contributed by atoms with Gasteiger partial charge in [0, 0.05) is 17.8 Å². The average Bonchev–Trinajstić information content (AvgIpc) is 3.10. The van der Waals surface area contributed by atoms with Gasteiger partial charge in [0.15, 0.2) is 0 Å². The lowest BCUT2D eigenvalue weighted by Crippen LogP contribution is -2.24. The van der Waals surface area contributed by atoms with Gasteiger partial charge in [-0.25, -0.2) is 4.98 Å². The van der Waals surface area contributed by atoms with Crippen molar-refractivity contribution in [1.82, 2.24) is 14.7 Å². The number of aryl methyl sites for hydroxylation is 2. The Hall–Kier alpha value is -3.66. The summed E-state index contributed by atoms with van der Waals surface area (Å²) < 4.78 is 2.02. The molecule has 0 saturated carbocycles. The first-order valence-electron chi connectivity index (χ1n) is 10.1. The molecule has 0 saturated heterocycles. The standard InChI is InChI=1S/C26H25N3O/c1-18-9-11-22(12-10-18)26-23(29-16-15-19(2)17-24(29)28-26)13-14-25(30)27-20(3)21-7-5-4-6-8-21/h4-17,20H,1-3H3,(H,27,30)/b14-13+. The molecule has 150 valence electrons. The lowest BCUT2D eigenvalue weighted by Gasteiger charge is -2.12. The molecule has 4 aromatic rings. The predicted octanol–water partition coefficient (Wildman–Crippen LogP) is 5.51. The molecule has 4 heteroatoms. The molecule has 0 radical (unpaired) electrons. The van der Waals surface area contributed by atoms with Crippen molar-refractivity contribution in [3.63, 3.8) is 0 Å². The maximum absolute atomic E-state index is 12.6. The van der Waals surface area contributed by atoms with Gasteiger partial charge in [0.05, 0.1) is 17.4 Å². The minimum absolute atomic E-state index is 0.0650. The highest BCUT2D eigenvalue weighted by atomic mass is 16.1. The lowest BCUT2D eigenvalue weighted by atomic mass is 10.1. The van der Waals surface area contributed by atoms with Gasteiger partial charge in [-0.3, -0.25) is 9.20 Å². The molecule has 30 heavy (non-hydrogen) atoms. The van der Waals surface area contributed by atoms with E-state index in [0.717, 1.165) is 33.7 Å². The number of amides is 1. The smallest absolute Gasteiger partial charge is 0.244 e. The summed E-state index contributed by atoms with van der Waals surface area (Å²) >= 11 is 0. The molecule has 4 rings (SSSR count). The Bertz CT molecular complexity index is 1200. The SMILES string of the molecule is Cc1ccc(-c2nc3cc(C)ccn3c2/C=C/C(=O)NC(C)c2ccccc2)cc1. The van der Waals surface area contributed by atoms with Gasteiger partial charge in [0.25, 0.3) is 0 Å². The lowest BCUT2D eigenvalue weighted by molar-refractivity contribution is -0.117. The summed E-state index contributed by atoms with van der Waals surface area (Å²) in [5.74, 6) is -0.136. The number of hydrogen-bond acceptors (Lipinski definition) is 2. The van der Waals surface area contributed by atoms with Crippen molar-refractivity contribution in [2.45, 2.75) is 26.8 Å². The zero-order chi connectivity index (χ0) is 21.1. The van der Waals surface area contributed by atoms with Gasteiger partial charge in [0.1, 0.15) is 5.65 Å². The van der Waals surface area contributed by atoms with Crippen molar-refractivity contribution in [3.05, 3.63) is 101 Å². The van der Waals surface area contributed by atoms with Crippen LogP contribution >= 0.6 is 0 Å². The highest BCUT2D eigenvalue weighted by Crippen LogP contribution is 2.26. The van der Waals surface area contributed by atoms with E-state index in [4.69, 9.17) is 4.98 Å². The van der Waals surface area contributed by atoms with E-state index in [1.165, 1.54) is 5.56 Å². The Labute approximate surface area is 176 Å². The van der Waals surface area contributed by atoms with Crippen LogP contribution in [0.3, 0.4) is 0 Å². The molecule has 2 aromatic carbocycles. The molecule has 0 aliphatic carbocycles. The molecule has 1 amide bonds. The number of nitrogens with zero attached hydrogens (tertiary/aromatic N) is 2. The van der Waals surface area contributed by atoms with Crippen molar-refractivity contribution in [1.29, 1.82) is 0 Å². The quantitative estimate of drug-likeness (QED) is 0.453. The first kappa shape index (κ1) is 19.6. The highest BCUT2D eigenvalue weighted by molar-refractivity contribution is 5.93. The fourth-order valence-electron chi connectivity index (χ4n) is 3.49. The minimum Gasteiger partial charge on any atom is -0.346 e. The molecule has 0 bridgehead atoms. The molecule has 2 heterocycles. The molecular weight excluding hydrogens is 370 g/mol. The van der Waals surface area contributed by atoms with Crippen LogP contribution in [0.25, 0.3) is 23.0 Å². The summed E-state index contributed by atoms with van der Waals surface area (Å²) in [6, 6.07) is 22.3. The van der Waals surface area contributed by atoms with Crippen LogP contribution in [0.2, 0.25) is 0 Å². The summed E-state index contributed by atoms with van der Waals surface area (Å²) in [6.07, 6.45) is 5.43. The van der Waals surface area contributed by atoms with Crippen LogP contribution in [0, 0.1) is 13.8 Å². The van der Waals surface area contributed by atoms with E-state index < -0.39 is 0 Å². The number of aromatic nitrogens is 2. The third-order valence-corrected chi connectivity index (χ3v) is 5.19. The van der Waals surface area contributed by atoms with Gasteiger partial charge < -0.3 is 5.32 Å². The molecule has 0 aliphatic rings. The Morgan fingerprint density at radius 2 is 1.73 bits per heavy atom. The second-order valence-corrected chi connectivity index (χ2v) is 7.62. The second-order valence-electron chi connectivity index (χ2n) is 7.62. The van der Waals surface area contributed by atoms with Crippen LogP contribution in [-0.2, 0) is 4.79 Å². The molecule has 0 fully saturated rings. The van der Waals surface area contributed by atoms with E-state index in [2.05, 4.69) is 36.5 Å². The van der Waals surface area contributed by atoms with Crippen molar-refractivity contribution in [2.75, 3.05) is 0 Å². The van der Waals surface area contributed by atoms with Gasteiger partial charge in [-0.15, -0.1) is 0 Å². The van der Waals surface area contributed by atoms with E-state index in [9.17, 15) is 4.79 Å². The summed E-state index contributed by atoms with van der Waals surface area (Å²) in [7, 11) is 0. The highest BCUT2D eigenvalue weighted by Gasteiger charge is 2.13. The van der Waals surface area contributed by atoms with Crippen LogP contribution in [0.1, 0.15) is 35.3 Å². The summed E-state index contributed by atoms with van der Waals surface area (Å²) in [6.45, 7) is 6.10. The van der Waals surface area contributed by atoms with Crippen molar-refractivity contribution in [3.8, 4) is 11.3 Å². The zero-order valence-corrected chi connectivity index (χ0v) is 17.5. The molecular formula is C26H25N3O. The van der Waals surface area contributed by atoms with Crippen LogP contribution in [0.15, 0.2) is 79.0 Å². The fourth-order valence-corrected chi connectivity index (χ4v) is 3.49. The topological polar surface area (TPSA) is 46.4 Å². The van der Waals surface area contributed by atoms with E-state index >= 15 is 0 Å². The molecule has 1 unspecified atom stereocenters. The third-order valence-electron chi connectivity index (χ3n) is 5.19. The van der Waals surface area contributed by atoms with Gasteiger partial charge in [-0.2, -0.15) is 0 Å². The van der Waals surface area contributed by atoms with Gasteiger partial charge >= 0.3 is 0 Å². The zero-order valence-electron chi connectivity index (χ0n) is 17.5. The number of pyridine rings is 1. The predicted molar refractivity (Wildman–Crippen MR) is 122 cm³/mol. The molecule has 1 atom stereocenters. The summed E-state index contributed by atoms with van der Waals surface area (Å²) in [5, 5.41) is 3.03. The number of carbonyl (C=O) groups excluding carboxylic acids is 1. The number of carbonyl (C=O) groups is 1. The largest absolute Gasteiger partial charge is 0.346 e. The van der Waals surface area contributed by atoms with E-state index in [1.807, 2.05) is 73.0 Å². The third kappa shape index (κ3) is 4.18. The Morgan fingerprint density at radius 3 is 2.47 bits per heavy atom. The Morgan fingerprint density at radius 1 is 1.00 bits per heavy atom. The molecule has 2 aromatic heterocycles. The second kappa shape index (κ2) is 8.37. The number of fused-ring (bicyclic) bond motifs is 1. The number of hydrogen-bond donors (Lipinski definition) is 1. The first-order valence-corrected chi connectivity index (χ1v) is 10.1. The maximum atomic E-state index is 12.6. The van der Waals surface area contributed by atoms with Gasteiger partial charge in [-0.05, 0) is 50.1 Å². The molecule has 4 nitrogen and oxygen atoms in total. The van der Waals surface area contributed by atoms with Crippen molar-refractivity contribution >= 4 is 17.6 Å². The van der Waals surface area contributed by atoms with Crippen molar-refractivity contribution < 1.29 is 4.79 Å². The minimum atomic E-state index is -0.136. The molecule has 0 aliphatic heterocycles. The Balaban J connectivity index is 1.66. The molecule has 0 spiro atoms.